The molecule has 0 N–H and O–H groups in total. The largest absolute Gasteiger partial charge is 0.306 e. The molecular formula is C52H30N4S. The van der Waals surface area contributed by atoms with Crippen molar-refractivity contribution in [3.05, 3.63) is 182 Å². The first kappa shape index (κ1) is 30.9. The van der Waals surface area contributed by atoms with Crippen LogP contribution < -0.4 is 0 Å². The molecule has 4 nitrogen and oxygen atoms in total. The number of aromatic nitrogens is 4. The van der Waals surface area contributed by atoms with E-state index < -0.39 is 0 Å². The molecule has 5 heteroatoms. The molecular weight excluding hydrogens is 713 g/mol. The quantitative estimate of drug-likeness (QED) is 0.169. The Hall–Kier alpha value is -7.34. The summed E-state index contributed by atoms with van der Waals surface area (Å²) in [5.74, 6) is 0.810. The number of rotatable bonds is 3. The second-order valence-electron chi connectivity index (χ2n) is 14.9. The minimum atomic E-state index is 0.810. The van der Waals surface area contributed by atoms with E-state index in [0.717, 1.165) is 55.4 Å². The zero-order chi connectivity index (χ0) is 37.2. The van der Waals surface area contributed by atoms with E-state index >= 15 is 0 Å². The number of benzene rings is 9. The maximum absolute atomic E-state index is 5.81. The summed E-state index contributed by atoms with van der Waals surface area (Å²) in [6, 6.07) is 65.6. The Bertz CT molecular complexity index is 3810. The van der Waals surface area contributed by atoms with Gasteiger partial charge in [-0.3, -0.25) is 4.57 Å². The van der Waals surface area contributed by atoms with Crippen molar-refractivity contribution in [2.75, 3.05) is 0 Å². The normalized spacial score (nSPS) is 12.2. The molecule has 0 atom stereocenters. The molecule has 0 saturated carbocycles. The summed E-state index contributed by atoms with van der Waals surface area (Å²) in [5.41, 5.74) is 9.37. The van der Waals surface area contributed by atoms with Gasteiger partial charge in [-0.05, 0) is 35.0 Å². The van der Waals surface area contributed by atoms with Crippen molar-refractivity contribution in [3.8, 4) is 22.8 Å². The summed E-state index contributed by atoms with van der Waals surface area (Å²) in [7, 11) is 0. The van der Waals surface area contributed by atoms with Gasteiger partial charge in [-0.2, -0.15) is 0 Å². The van der Waals surface area contributed by atoms with E-state index in [9.17, 15) is 0 Å². The summed E-state index contributed by atoms with van der Waals surface area (Å²) in [4.78, 5) is 11.5. The molecule has 0 bridgehead atoms. The Labute approximate surface area is 330 Å². The highest BCUT2D eigenvalue weighted by Gasteiger charge is 2.26. The van der Waals surface area contributed by atoms with Crippen LogP contribution in [0.1, 0.15) is 0 Å². The number of hydrogen-bond donors (Lipinski definition) is 0. The average molecular weight is 743 g/mol. The summed E-state index contributed by atoms with van der Waals surface area (Å²) in [6.45, 7) is 0. The van der Waals surface area contributed by atoms with Crippen LogP contribution in [0.25, 0.3) is 119 Å². The van der Waals surface area contributed by atoms with E-state index in [0.29, 0.717) is 0 Å². The Morgan fingerprint density at radius 2 is 0.860 bits per heavy atom. The molecule has 0 aliphatic heterocycles. The predicted molar refractivity (Wildman–Crippen MR) is 242 cm³/mol. The van der Waals surface area contributed by atoms with Gasteiger partial charge in [-0.1, -0.05) is 158 Å². The van der Waals surface area contributed by atoms with E-state index in [1.165, 1.54) is 63.7 Å². The zero-order valence-corrected chi connectivity index (χ0v) is 31.3. The molecule has 4 aromatic heterocycles. The number of nitrogens with zero attached hydrogens (tertiary/aromatic N) is 4. The number of fused-ring (bicyclic) bond motifs is 16. The molecule has 0 saturated heterocycles. The fourth-order valence-electron chi connectivity index (χ4n) is 9.48. The average Bonchev–Trinajstić information content (AvgIpc) is 3.94. The summed E-state index contributed by atoms with van der Waals surface area (Å²) in [5, 5.41) is 11.9. The molecule has 0 spiro atoms. The lowest BCUT2D eigenvalue weighted by Crippen LogP contribution is -2.05. The van der Waals surface area contributed by atoms with Gasteiger partial charge in [0.1, 0.15) is 5.69 Å². The molecule has 9 aromatic carbocycles. The van der Waals surface area contributed by atoms with E-state index in [-0.39, 0.29) is 0 Å². The first-order valence-electron chi connectivity index (χ1n) is 19.3. The molecule has 0 unspecified atom stereocenters. The molecule has 4 heterocycles. The van der Waals surface area contributed by atoms with Crippen LogP contribution in [-0.2, 0) is 0 Å². The Kier molecular flexibility index (Phi) is 6.29. The van der Waals surface area contributed by atoms with Crippen LogP contribution in [0.5, 0.6) is 0 Å². The van der Waals surface area contributed by atoms with E-state index in [1.807, 2.05) is 11.3 Å². The van der Waals surface area contributed by atoms with E-state index in [1.54, 1.807) is 0 Å². The van der Waals surface area contributed by atoms with Crippen LogP contribution in [0.3, 0.4) is 0 Å². The maximum Gasteiger partial charge on any atom is 0.165 e. The van der Waals surface area contributed by atoms with E-state index in [4.69, 9.17) is 9.97 Å². The molecule has 13 aromatic rings. The Morgan fingerprint density at radius 1 is 0.351 bits per heavy atom. The van der Waals surface area contributed by atoms with Crippen molar-refractivity contribution >= 4 is 108 Å². The van der Waals surface area contributed by atoms with Crippen LogP contribution >= 0.6 is 11.3 Å². The molecule has 0 fully saturated rings. The molecule has 0 amide bonds. The number of thiophene rings is 1. The van der Waals surface area contributed by atoms with Crippen molar-refractivity contribution in [3.63, 3.8) is 0 Å². The summed E-state index contributed by atoms with van der Waals surface area (Å²) < 4.78 is 7.49. The maximum atomic E-state index is 5.81. The van der Waals surface area contributed by atoms with Crippen molar-refractivity contribution < 1.29 is 0 Å². The van der Waals surface area contributed by atoms with Gasteiger partial charge in [0.15, 0.2) is 5.82 Å². The van der Waals surface area contributed by atoms with Crippen LogP contribution in [0, 0.1) is 0 Å². The molecule has 0 radical (unpaired) electrons. The fraction of sp³-hybridized carbons (Fsp3) is 0. The molecule has 57 heavy (non-hydrogen) atoms. The minimum absolute atomic E-state index is 0.810. The van der Waals surface area contributed by atoms with Gasteiger partial charge in [0.25, 0.3) is 0 Å². The lowest BCUT2D eigenvalue weighted by molar-refractivity contribution is 1.08. The third-order valence-electron chi connectivity index (χ3n) is 11.9. The lowest BCUT2D eigenvalue weighted by atomic mass is 9.99. The van der Waals surface area contributed by atoms with Gasteiger partial charge in [0.2, 0.25) is 0 Å². The smallest absolute Gasteiger partial charge is 0.165 e. The van der Waals surface area contributed by atoms with Crippen molar-refractivity contribution in [2.24, 2.45) is 0 Å². The Morgan fingerprint density at radius 3 is 1.54 bits per heavy atom. The van der Waals surface area contributed by atoms with Crippen LogP contribution in [0.15, 0.2) is 182 Å². The zero-order valence-electron chi connectivity index (χ0n) is 30.5. The van der Waals surface area contributed by atoms with E-state index in [2.05, 4.69) is 191 Å². The highest BCUT2D eigenvalue weighted by Crippen LogP contribution is 2.46. The monoisotopic (exact) mass is 742 g/mol. The minimum Gasteiger partial charge on any atom is -0.306 e. The topological polar surface area (TPSA) is 35.6 Å². The molecule has 0 aliphatic carbocycles. The second kappa shape index (κ2) is 11.6. The lowest BCUT2D eigenvalue weighted by Gasteiger charge is -2.17. The molecule has 13 rings (SSSR count). The Balaban J connectivity index is 1.27. The SMILES string of the molecule is c1ccc(-c2nc3c4ccccc4c4ccccc4c3nc2-n2c3ccccc3c3ccc4c5ccccc5n(-c5cccc6c5sc5ccccc56)c4c32)cc1. The van der Waals surface area contributed by atoms with Gasteiger partial charge in [0, 0.05) is 53.4 Å². The van der Waals surface area contributed by atoms with Gasteiger partial charge in [0.05, 0.1) is 43.5 Å². The highest BCUT2D eigenvalue weighted by molar-refractivity contribution is 7.26. The summed E-state index contributed by atoms with van der Waals surface area (Å²) >= 11 is 1.87. The van der Waals surface area contributed by atoms with Crippen molar-refractivity contribution in [1.29, 1.82) is 0 Å². The number of hydrogen-bond acceptors (Lipinski definition) is 3. The summed E-state index contributed by atoms with van der Waals surface area (Å²) in [6.07, 6.45) is 0. The van der Waals surface area contributed by atoms with Crippen molar-refractivity contribution in [2.45, 2.75) is 0 Å². The standard InChI is InChI=1S/C52H30N4S/c1-2-15-31(16-3-1)46-52(54-48-38-23-7-5-18-33(38)32-17-4-6-22-37(32)47(48)53-46)56-43-26-12-9-20-35(43)40-30-29-39-34-19-8-11-25-42(34)55(49(39)50(40)56)44-27-14-24-41-36-21-10-13-28-45(36)57-51(41)44/h1-30H. The second-order valence-corrected chi connectivity index (χ2v) is 15.9. The first-order valence-corrected chi connectivity index (χ1v) is 20.2. The van der Waals surface area contributed by atoms with Gasteiger partial charge in [-0.25, -0.2) is 9.97 Å². The van der Waals surface area contributed by atoms with Gasteiger partial charge >= 0.3 is 0 Å². The van der Waals surface area contributed by atoms with Crippen LogP contribution in [0.4, 0.5) is 0 Å². The molecule has 0 aliphatic rings. The van der Waals surface area contributed by atoms with Gasteiger partial charge < -0.3 is 4.57 Å². The third kappa shape index (κ3) is 4.21. The predicted octanol–water partition coefficient (Wildman–Crippen LogP) is 14.2. The molecule has 264 valence electrons. The third-order valence-corrected chi connectivity index (χ3v) is 13.1. The number of para-hydroxylation sites is 2. The fourth-order valence-corrected chi connectivity index (χ4v) is 10.7. The van der Waals surface area contributed by atoms with Crippen LogP contribution in [0.2, 0.25) is 0 Å². The first-order chi connectivity index (χ1) is 28.3. The van der Waals surface area contributed by atoms with Crippen molar-refractivity contribution in [1.82, 2.24) is 19.1 Å². The van der Waals surface area contributed by atoms with Crippen LogP contribution in [-0.4, -0.2) is 19.1 Å². The van der Waals surface area contributed by atoms with Gasteiger partial charge in [-0.15, -0.1) is 11.3 Å². The highest BCUT2D eigenvalue weighted by atomic mass is 32.1.